The summed E-state index contributed by atoms with van der Waals surface area (Å²) in [4.78, 5) is 7.17. The minimum absolute atomic E-state index is 0.828. The Balaban J connectivity index is 2.67. The molecule has 1 aromatic carbocycles. The lowest BCUT2D eigenvalue weighted by atomic mass is 10.2. The molecule has 1 heterocycles. The van der Waals surface area contributed by atoms with Gasteiger partial charge in [0.25, 0.3) is 0 Å². The molecule has 0 atom stereocenters. The quantitative estimate of drug-likeness (QED) is 0.600. The van der Waals surface area contributed by atoms with Gasteiger partial charge < -0.3 is 10.7 Å². The predicted octanol–water partition coefficient (Wildman–Crippen LogP) is 0.305. The number of quaternary nitrogens is 1. The largest absolute Gasteiger partial charge is 0.354 e. The maximum absolute atomic E-state index is 4.12. The van der Waals surface area contributed by atoms with Gasteiger partial charge in [-0.1, -0.05) is 6.07 Å². The van der Waals surface area contributed by atoms with Gasteiger partial charge in [0.1, 0.15) is 0 Å². The van der Waals surface area contributed by atoms with Gasteiger partial charge in [0.15, 0.2) is 0 Å². The fourth-order valence-electron chi connectivity index (χ4n) is 1.14. The minimum atomic E-state index is 0.828. The Bertz CT molecular complexity index is 364. The Morgan fingerprint density at radius 3 is 3.18 bits per heavy atom. The highest BCUT2D eigenvalue weighted by atomic mass is 14.9. The second-order valence-electron chi connectivity index (χ2n) is 2.50. The summed E-state index contributed by atoms with van der Waals surface area (Å²) in [6, 6.07) is 6.14. The van der Waals surface area contributed by atoms with Gasteiger partial charge in [-0.25, -0.2) is 4.98 Å². The number of benzene rings is 1. The predicted molar refractivity (Wildman–Crippen MR) is 42.7 cm³/mol. The van der Waals surface area contributed by atoms with E-state index in [0.717, 1.165) is 17.6 Å². The number of imidazole rings is 1. The highest BCUT2D eigenvalue weighted by molar-refractivity contribution is 5.74. The van der Waals surface area contributed by atoms with E-state index in [9.17, 15) is 0 Å². The van der Waals surface area contributed by atoms with E-state index in [2.05, 4.69) is 27.8 Å². The first-order valence-corrected chi connectivity index (χ1v) is 3.61. The molecule has 11 heavy (non-hydrogen) atoms. The third kappa shape index (κ3) is 0.991. The second kappa shape index (κ2) is 2.36. The van der Waals surface area contributed by atoms with Gasteiger partial charge in [-0.05, 0) is 12.1 Å². The number of hydrogen-bond donors (Lipinski definition) is 2. The van der Waals surface area contributed by atoms with E-state index < -0.39 is 0 Å². The normalized spacial score (nSPS) is 10.6. The van der Waals surface area contributed by atoms with Crippen LogP contribution in [0.15, 0.2) is 24.5 Å². The average Bonchev–Trinajstić information content (AvgIpc) is 2.50. The molecule has 0 amide bonds. The highest BCUT2D eigenvalue weighted by Crippen LogP contribution is 2.10. The van der Waals surface area contributed by atoms with Crippen LogP contribution in [0, 0.1) is 0 Å². The Hall–Kier alpha value is -1.35. The fraction of sp³-hybridized carbons (Fsp3) is 0.125. The third-order valence-electron chi connectivity index (χ3n) is 1.77. The van der Waals surface area contributed by atoms with Gasteiger partial charge in [0.2, 0.25) is 0 Å². The van der Waals surface area contributed by atoms with Crippen molar-refractivity contribution in [2.45, 2.75) is 6.54 Å². The molecule has 0 radical (unpaired) electrons. The number of hydrogen-bond acceptors (Lipinski definition) is 1. The Labute approximate surface area is 64.2 Å². The lowest BCUT2D eigenvalue weighted by molar-refractivity contribution is -0.386. The zero-order valence-corrected chi connectivity index (χ0v) is 6.17. The maximum Gasteiger partial charge on any atom is 0.0998 e. The van der Waals surface area contributed by atoms with E-state index in [-0.39, 0.29) is 0 Å². The smallest absolute Gasteiger partial charge is 0.0998 e. The lowest BCUT2D eigenvalue weighted by Crippen LogP contribution is -2.47. The first-order chi connectivity index (χ1) is 5.40. The summed E-state index contributed by atoms with van der Waals surface area (Å²) in [5, 5.41) is 0. The molecule has 0 unspecified atom stereocenters. The summed E-state index contributed by atoms with van der Waals surface area (Å²) in [5.41, 5.74) is 7.16. The molecule has 3 nitrogen and oxygen atoms in total. The lowest BCUT2D eigenvalue weighted by Gasteiger charge is -1.92. The molecular weight excluding hydrogens is 138 g/mol. The van der Waals surface area contributed by atoms with Gasteiger partial charge in [0.05, 0.1) is 23.9 Å². The summed E-state index contributed by atoms with van der Waals surface area (Å²) in [7, 11) is 0. The molecule has 0 aliphatic heterocycles. The van der Waals surface area contributed by atoms with Gasteiger partial charge in [-0.2, -0.15) is 0 Å². The first kappa shape index (κ1) is 6.37. The second-order valence-corrected chi connectivity index (χ2v) is 2.50. The molecule has 0 aliphatic carbocycles. The number of aromatic amines is 1. The van der Waals surface area contributed by atoms with E-state index in [1.807, 2.05) is 6.07 Å². The summed E-state index contributed by atoms with van der Waals surface area (Å²) in [6.07, 6.45) is 1.71. The first-order valence-electron chi connectivity index (χ1n) is 3.61. The number of aromatic nitrogens is 2. The van der Waals surface area contributed by atoms with Crippen LogP contribution in [0.4, 0.5) is 0 Å². The summed E-state index contributed by atoms with van der Waals surface area (Å²) in [5.74, 6) is 0. The van der Waals surface area contributed by atoms with Crippen molar-refractivity contribution in [3.05, 3.63) is 30.1 Å². The SMILES string of the molecule is [NH3+]Cc1ccc2nc[nH]c2c1. The zero-order valence-electron chi connectivity index (χ0n) is 6.17. The van der Waals surface area contributed by atoms with Gasteiger partial charge in [0, 0.05) is 5.56 Å². The van der Waals surface area contributed by atoms with Crippen molar-refractivity contribution in [2.24, 2.45) is 0 Å². The van der Waals surface area contributed by atoms with E-state index in [1.54, 1.807) is 6.33 Å². The molecule has 56 valence electrons. The fourth-order valence-corrected chi connectivity index (χ4v) is 1.14. The minimum Gasteiger partial charge on any atom is -0.354 e. The Morgan fingerprint density at radius 1 is 1.45 bits per heavy atom. The molecule has 0 fully saturated rings. The van der Waals surface area contributed by atoms with E-state index in [4.69, 9.17) is 0 Å². The van der Waals surface area contributed by atoms with Crippen molar-refractivity contribution in [1.29, 1.82) is 0 Å². The van der Waals surface area contributed by atoms with E-state index in [0.29, 0.717) is 0 Å². The van der Waals surface area contributed by atoms with Crippen molar-refractivity contribution in [3.8, 4) is 0 Å². The molecule has 4 N–H and O–H groups in total. The Kier molecular flexibility index (Phi) is 1.36. The number of nitrogens with zero attached hydrogens (tertiary/aromatic N) is 1. The van der Waals surface area contributed by atoms with Crippen LogP contribution in [0.2, 0.25) is 0 Å². The summed E-state index contributed by atoms with van der Waals surface area (Å²) >= 11 is 0. The van der Waals surface area contributed by atoms with Gasteiger partial charge in [-0.3, -0.25) is 0 Å². The molecule has 2 rings (SSSR count). The van der Waals surface area contributed by atoms with Crippen molar-refractivity contribution >= 4 is 11.0 Å². The van der Waals surface area contributed by atoms with Crippen LogP contribution in [0.5, 0.6) is 0 Å². The monoisotopic (exact) mass is 148 g/mol. The van der Waals surface area contributed by atoms with Gasteiger partial charge >= 0.3 is 0 Å². The van der Waals surface area contributed by atoms with Crippen molar-refractivity contribution < 1.29 is 5.73 Å². The number of rotatable bonds is 1. The molecule has 2 aromatic rings. The molecule has 3 heteroatoms. The number of H-pyrrole nitrogens is 1. The maximum atomic E-state index is 4.12. The van der Waals surface area contributed by atoms with Crippen LogP contribution < -0.4 is 5.73 Å². The number of fused-ring (bicyclic) bond motifs is 1. The third-order valence-corrected chi connectivity index (χ3v) is 1.77. The molecule has 0 aliphatic rings. The summed E-state index contributed by atoms with van der Waals surface area (Å²) < 4.78 is 0. The van der Waals surface area contributed by atoms with Crippen LogP contribution in [-0.4, -0.2) is 9.97 Å². The van der Waals surface area contributed by atoms with Crippen molar-refractivity contribution in [3.63, 3.8) is 0 Å². The zero-order chi connectivity index (χ0) is 7.68. The molecule has 0 spiro atoms. The van der Waals surface area contributed by atoms with Crippen LogP contribution in [0.1, 0.15) is 5.56 Å². The van der Waals surface area contributed by atoms with Crippen LogP contribution in [0.25, 0.3) is 11.0 Å². The topological polar surface area (TPSA) is 56.3 Å². The molecule has 0 bridgehead atoms. The summed E-state index contributed by atoms with van der Waals surface area (Å²) in [6.45, 7) is 0.828. The molecule has 0 saturated carbocycles. The number of nitrogens with one attached hydrogen (secondary N) is 1. The standard InChI is InChI=1S/C8H9N3/c9-4-6-1-2-7-8(3-6)11-5-10-7/h1-3,5H,4,9H2,(H,10,11)/p+1. The van der Waals surface area contributed by atoms with E-state index >= 15 is 0 Å². The Morgan fingerprint density at radius 2 is 2.36 bits per heavy atom. The van der Waals surface area contributed by atoms with Crippen LogP contribution >= 0.6 is 0 Å². The van der Waals surface area contributed by atoms with Crippen LogP contribution in [-0.2, 0) is 6.54 Å². The van der Waals surface area contributed by atoms with Gasteiger partial charge in [-0.15, -0.1) is 0 Å². The molecule has 0 saturated heterocycles. The van der Waals surface area contributed by atoms with Crippen molar-refractivity contribution in [1.82, 2.24) is 9.97 Å². The molecular formula is C8H10N3+. The highest BCUT2D eigenvalue weighted by Gasteiger charge is 1.96. The molecule has 1 aromatic heterocycles. The van der Waals surface area contributed by atoms with Crippen LogP contribution in [0.3, 0.4) is 0 Å². The van der Waals surface area contributed by atoms with E-state index in [1.165, 1.54) is 5.56 Å². The average molecular weight is 148 g/mol. The van der Waals surface area contributed by atoms with Crippen molar-refractivity contribution in [2.75, 3.05) is 0 Å².